The van der Waals surface area contributed by atoms with Crippen LogP contribution in [-0.4, -0.2) is 69.2 Å². The van der Waals surface area contributed by atoms with Crippen molar-refractivity contribution in [2.75, 3.05) is 31.1 Å². The van der Waals surface area contributed by atoms with E-state index >= 15 is 0 Å². The molecule has 11 heteroatoms. The van der Waals surface area contributed by atoms with Crippen molar-refractivity contribution < 1.29 is 9.59 Å². The maximum atomic E-state index is 13.1. The molecule has 2 aliphatic rings. The molecule has 2 aromatic heterocycles. The molecule has 0 aliphatic carbocycles. The minimum absolute atomic E-state index is 0.156. The maximum absolute atomic E-state index is 13.1. The summed E-state index contributed by atoms with van der Waals surface area (Å²) in [5.74, 6) is -0.195. The summed E-state index contributed by atoms with van der Waals surface area (Å²) >= 11 is 0. The van der Waals surface area contributed by atoms with E-state index in [4.69, 9.17) is 12.3 Å². The third-order valence-electron chi connectivity index (χ3n) is 5.01. The van der Waals surface area contributed by atoms with Gasteiger partial charge in [-0.2, -0.15) is 5.10 Å². The fourth-order valence-electron chi connectivity index (χ4n) is 3.44. The molecule has 2 aromatic rings. The van der Waals surface area contributed by atoms with E-state index in [1.165, 1.54) is 23.5 Å². The number of anilines is 1. The molecule has 4 heterocycles. The monoisotopic (exact) mass is 405 g/mol. The average molecular weight is 405 g/mol. The van der Waals surface area contributed by atoms with E-state index in [1.54, 1.807) is 23.4 Å². The van der Waals surface area contributed by atoms with Gasteiger partial charge in [0.15, 0.2) is 0 Å². The Morgan fingerprint density at radius 3 is 2.73 bits per heavy atom. The molecular formula is C19H19N9O2. The molecule has 0 saturated carbocycles. The summed E-state index contributed by atoms with van der Waals surface area (Å²) in [6, 6.07) is 2.73. The van der Waals surface area contributed by atoms with Gasteiger partial charge in [-0.3, -0.25) is 9.78 Å². The van der Waals surface area contributed by atoms with Crippen LogP contribution in [0.1, 0.15) is 28.5 Å². The third-order valence-corrected chi connectivity index (χ3v) is 5.01. The van der Waals surface area contributed by atoms with E-state index in [9.17, 15) is 9.59 Å². The lowest BCUT2D eigenvalue weighted by Gasteiger charge is -2.37. The summed E-state index contributed by atoms with van der Waals surface area (Å²) in [6.45, 7) is 9.12. The second-order valence-electron chi connectivity index (χ2n) is 6.85. The quantitative estimate of drug-likeness (QED) is 0.765. The topological polar surface area (TPSA) is 125 Å². The van der Waals surface area contributed by atoms with Crippen LogP contribution in [-0.2, 0) is 0 Å². The van der Waals surface area contributed by atoms with Crippen LogP contribution in [0.4, 0.5) is 16.4 Å². The van der Waals surface area contributed by atoms with E-state index in [1.807, 2.05) is 4.90 Å². The van der Waals surface area contributed by atoms with Crippen molar-refractivity contribution >= 4 is 29.8 Å². The van der Waals surface area contributed by atoms with Crippen molar-refractivity contribution in [2.24, 2.45) is 10.8 Å². The highest BCUT2D eigenvalue weighted by molar-refractivity contribution is 5.90. The molecule has 2 N–H and O–H groups in total. The number of pyridine rings is 1. The maximum Gasteiger partial charge on any atom is 0.341 e. The lowest BCUT2D eigenvalue weighted by Crippen LogP contribution is -2.52. The van der Waals surface area contributed by atoms with Gasteiger partial charge in [0, 0.05) is 57.4 Å². The van der Waals surface area contributed by atoms with Crippen LogP contribution >= 0.6 is 0 Å². The zero-order valence-electron chi connectivity index (χ0n) is 16.0. The molecule has 3 amide bonds. The van der Waals surface area contributed by atoms with E-state index < -0.39 is 5.91 Å². The van der Waals surface area contributed by atoms with Crippen molar-refractivity contribution in [3.05, 3.63) is 53.4 Å². The molecule has 2 aliphatic heterocycles. The standard InChI is InChI=1S/C19H19N9O2/c1-21-14-10-13(11-22-12-14)16-3-5-24-28(16)19(30)27-8-6-26(7-9-27)18-23-4-2-15(25-18)17(20)29/h2,4-5,10-12,16H,3,6-9H2,(H2,20,29)/t16-/m0/s1. The first kappa shape index (κ1) is 19.3. The second-order valence-corrected chi connectivity index (χ2v) is 6.85. The first-order valence-corrected chi connectivity index (χ1v) is 9.37. The van der Waals surface area contributed by atoms with Gasteiger partial charge in [-0.05, 0) is 17.7 Å². The number of aromatic nitrogens is 3. The molecule has 11 nitrogen and oxygen atoms in total. The van der Waals surface area contributed by atoms with Crippen LogP contribution in [0.25, 0.3) is 4.85 Å². The zero-order valence-corrected chi connectivity index (χ0v) is 16.0. The molecule has 152 valence electrons. The number of primary amides is 1. The Bertz CT molecular complexity index is 1040. The van der Waals surface area contributed by atoms with Crippen LogP contribution < -0.4 is 10.6 Å². The number of nitrogens with two attached hydrogens (primary N) is 1. The van der Waals surface area contributed by atoms with Crippen LogP contribution in [0.5, 0.6) is 0 Å². The van der Waals surface area contributed by atoms with Crippen LogP contribution in [0, 0.1) is 6.57 Å². The third kappa shape index (κ3) is 3.75. The van der Waals surface area contributed by atoms with Crippen molar-refractivity contribution in [1.29, 1.82) is 0 Å². The summed E-state index contributed by atoms with van der Waals surface area (Å²) in [4.78, 5) is 43.9. The number of hydrazone groups is 1. The summed E-state index contributed by atoms with van der Waals surface area (Å²) in [7, 11) is 0. The highest BCUT2D eigenvalue weighted by Gasteiger charge is 2.33. The molecule has 0 spiro atoms. The van der Waals surface area contributed by atoms with E-state index in [0.29, 0.717) is 44.2 Å². The molecule has 0 unspecified atom stereocenters. The van der Waals surface area contributed by atoms with E-state index in [2.05, 4.69) is 24.9 Å². The van der Waals surface area contributed by atoms with Gasteiger partial charge in [0.25, 0.3) is 5.91 Å². The summed E-state index contributed by atoms with van der Waals surface area (Å²) in [5.41, 5.74) is 6.65. The molecule has 1 fully saturated rings. The van der Waals surface area contributed by atoms with Gasteiger partial charge in [-0.25, -0.2) is 24.6 Å². The Morgan fingerprint density at radius 2 is 2.00 bits per heavy atom. The Hall–Kier alpha value is -4.07. The molecule has 0 radical (unpaired) electrons. The van der Waals surface area contributed by atoms with Crippen molar-refractivity contribution in [2.45, 2.75) is 12.5 Å². The van der Waals surface area contributed by atoms with Crippen LogP contribution in [0.15, 0.2) is 35.8 Å². The van der Waals surface area contributed by atoms with Crippen molar-refractivity contribution in [3.63, 3.8) is 0 Å². The number of piperazine rings is 1. The Kier molecular flexibility index (Phi) is 5.21. The molecule has 0 aromatic carbocycles. The Labute approximate surface area is 172 Å². The molecule has 1 atom stereocenters. The zero-order chi connectivity index (χ0) is 21.1. The fraction of sp³-hybridized carbons (Fsp3) is 0.316. The molecule has 4 rings (SSSR count). The highest BCUT2D eigenvalue weighted by atomic mass is 16.2. The molecular weight excluding hydrogens is 386 g/mol. The summed E-state index contributed by atoms with van der Waals surface area (Å²) < 4.78 is 0. The number of carbonyl (C=O) groups excluding carboxylic acids is 2. The second kappa shape index (κ2) is 8.12. The molecule has 0 bridgehead atoms. The largest absolute Gasteiger partial charge is 0.364 e. The Morgan fingerprint density at radius 1 is 1.20 bits per heavy atom. The summed E-state index contributed by atoms with van der Waals surface area (Å²) in [6.07, 6.45) is 6.92. The predicted molar refractivity (Wildman–Crippen MR) is 108 cm³/mol. The van der Waals surface area contributed by atoms with E-state index in [-0.39, 0.29) is 17.8 Å². The van der Waals surface area contributed by atoms with Gasteiger partial charge in [-0.1, -0.05) is 0 Å². The lowest BCUT2D eigenvalue weighted by atomic mass is 10.1. The minimum atomic E-state index is -0.609. The number of carbonyl (C=O) groups is 2. The lowest BCUT2D eigenvalue weighted by molar-refractivity contribution is 0.0995. The van der Waals surface area contributed by atoms with Gasteiger partial charge in [-0.15, -0.1) is 0 Å². The van der Waals surface area contributed by atoms with Gasteiger partial charge in [0.1, 0.15) is 5.69 Å². The molecule has 1 saturated heterocycles. The van der Waals surface area contributed by atoms with Crippen LogP contribution in [0.2, 0.25) is 0 Å². The van der Waals surface area contributed by atoms with Gasteiger partial charge < -0.3 is 15.5 Å². The van der Waals surface area contributed by atoms with Gasteiger partial charge >= 0.3 is 6.03 Å². The number of hydrogen-bond acceptors (Lipinski definition) is 7. The van der Waals surface area contributed by atoms with Gasteiger partial charge in [0.2, 0.25) is 11.6 Å². The van der Waals surface area contributed by atoms with Crippen molar-refractivity contribution in [1.82, 2.24) is 24.9 Å². The predicted octanol–water partition coefficient (Wildman–Crippen LogP) is 1.20. The van der Waals surface area contributed by atoms with E-state index in [0.717, 1.165) is 5.56 Å². The Balaban J connectivity index is 1.42. The number of nitrogens with zero attached hydrogens (tertiary/aromatic N) is 8. The molecule has 30 heavy (non-hydrogen) atoms. The normalized spacial score (nSPS) is 18.4. The fourth-order valence-corrected chi connectivity index (χ4v) is 3.44. The number of amides is 3. The highest BCUT2D eigenvalue weighted by Crippen LogP contribution is 2.30. The van der Waals surface area contributed by atoms with Crippen LogP contribution in [0.3, 0.4) is 0 Å². The average Bonchev–Trinajstić information content (AvgIpc) is 3.29. The summed E-state index contributed by atoms with van der Waals surface area (Å²) in [5, 5.41) is 5.70. The number of urea groups is 1. The number of hydrogen-bond donors (Lipinski definition) is 1. The number of rotatable bonds is 3. The SMILES string of the molecule is [C-]#[N+]c1cncc([C@@H]2CC=NN2C(=O)N2CCN(c3nccc(C(N)=O)n3)CC2)c1. The van der Waals surface area contributed by atoms with Gasteiger partial charge in [0.05, 0.1) is 12.6 Å². The first-order chi connectivity index (χ1) is 14.6. The van der Waals surface area contributed by atoms with Crippen molar-refractivity contribution in [3.8, 4) is 0 Å². The smallest absolute Gasteiger partial charge is 0.341 e. The first-order valence-electron chi connectivity index (χ1n) is 9.37. The minimum Gasteiger partial charge on any atom is -0.364 e.